The van der Waals surface area contributed by atoms with Crippen LogP contribution in [0.1, 0.15) is 18.7 Å². The van der Waals surface area contributed by atoms with Crippen LogP contribution in [-0.4, -0.2) is 47.8 Å². The standard InChI is InChI=1S/C19H25N5O3/c1-13(25)21-14-7-9-15(10-8-14)22-19(27)18(26)20-12-17(23(2)3)16-6-5-11-24(16)4/h5-11,17H,12H2,1-4H3,(H,20,26)(H,21,25)(H,22,27)/t17-/m0/s1. The molecule has 3 N–H and O–H groups in total. The molecule has 144 valence electrons. The predicted molar refractivity (Wildman–Crippen MR) is 104 cm³/mol. The Balaban J connectivity index is 1.92. The minimum Gasteiger partial charge on any atom is -0.353 e. The van der Waals surface area contributed by atoms with Crippen LogP contribution in [0.5, 0.6) is 0 Å². The Hall–Kier alpha value is -3.13. The number of benzene rings is 1. The number of hydrogen-bond acceptors (Lipinski definition) is 4. The Bertz CT molecular complexity index is 811. The van der Waals surface area contributed by atoms with E-state index in [9.17, 15) is 14.4 Å². The third kappa shape index (κ3) is 5.68. The van der Waals surface area contributed by atoms with Gasteiger partial charge in [0.05, 0.1) is 6.04 Å². The van der Waals surface area contributed by atoms with Crippen LogP contribution >= 0.6 is 0 Å². The molecular formula is C19H25N5O3. The van der Waals surface area contributed by atoms with Gasteiger partial charge in [-0.1, -0.05) is 0 Å². The minimum atomic E-state index is -0.744. The number of carbonyl (C=O) groups is 3. The highest BCUT2D eigenvalue weighted by Crippen LogP contribution is 2.17. The Labute approximate surface area is 158 Å². The molecule has 1 aromatic heterocycles. The fourth-order valence-corrected chi connectivity index (χ4v) is 2.67. The van der Waals surface area contributed by atoms with Crippen molar-refractivity contribution in [3.8, 4) is 0 Å². The third-order valence-electron chi connectivity index (χ3n) is 4.07. The summed E-state index contributed by atoms with van der Waals surface area (Å²) in [6.07, 6.45) is 1.94. The van der Waals surface area contributed by atoms with Gasteiger partial charge in [0.1, 0.15) is 0 Å². The molecule has 8 nitrogen and oxygen atoms in total. The molecule has 0 aliphatic carbocycles. The van der Waals surface area contributed by atoms with Crippen molar-refractivity contribution < 1.29 is 14.4 Å². The summed E-state index contributed by atoms with van der Waals surface area (Å²) in [7, 11) is 5.77. The second-order valence-corrected chi connectivity index (χ2v) is 6.45. The van der Waals surface area contributed by atoms with Crippen LogP contribution in [0.15, 0.2) is 42.6 Å². The summed E-state index contributed by atoms with van der Waals surface area (Å²) < 4.78 is 1.98. The second-order valence-electron chi connectivity index (χ2n) is 6.45. The maximum Gasteiger partial charge on any atom is 0.313 e. The molecule has 0 aliphatic heterocycles. The van der Waals surface area contributed by atoms with Gasteiger partial charge in [0, 0.05) is 43.8 Å². The van der Waals surface area contributed by atoms with E-state index in [4.69, 9.17) is 0 Å². The zero-order valence-corrected chi connectivity index (χ0v) is 15.9. The SMILES string of the molecule is CC(=O)Nc1ccc(NC(=O)C(=O)NC[C@@H](c2cccn2C)N(C)C)cc1. The van der Waals surface area contributed by atoms with Crippen molar-refractivity contribution in [1.82, 2.24) is 14.8 Å². The lowest BCUT2D eigenvalue weighted by Crippen LogP contribution is -2.40. The lowest BCUT2D eigenvalue weighted by molar-refractivity contribution is -0.136. The summed E-state index contributed by atoms with van der Waals surface area (Å²) in [6, 6.07) is 10.4. The van der Waals surface area contributed by atoms with Gasteiger partial charge in [0.2, 0.25) is 5.91 Å². The van der Waals surface area contributed by atoms with Gasteiger partial charge >= 0.3 is 11.8 Å². The molecule has 0 saturated heterocycles. The van der Waals surface area contributed by atoms with E-state index < -0.39 is 11.8 Å². The van der Waals surface area contributed by atoms with Crippen LogP contribution in [0.2, 0.25) is 0 Å². The summed E-state index contributed by atoms with van der Waals surface area (Å²) >= 11 is 0. The van der Waals surface area contributed by atoms with Crippen LogP contribution in [-0.2, 0) is 21.4 Å². The van der Waals surface area contributed by atoms with E-state index in [1.54, 1.807) is 24.3 Å². The lowest BCUT2D eigenvalue weighted by Gasteiger charge is -2.25. The van der Waals surface area contributed by atoms with Crippen LogP contribution in [0.25, 0.3) is 0 Å². The predicted octanol–water partition coefficient (Wildman–Crippen LogP) is 1.34. The summed E-state index contributed by atoms with van der Waals surface area (Å²) in [5.74, 6) is -1.63. The number of aromatic nitrogens is 1. The van der Waals surface area contributed by atoms with E-state index in [1.807, 2.05) is 48.9 Å². The zero-order chi connectivity index (χ0) is 20.0. The average molecular weight is 371 g/mol. The van der Waals surface area contributed by atoms with Crippen molar-refractivity contribution in [2.45, 2.75) is 13.0 Å². The zero-order valence-electron chi connectivity index (χ0n) is 15.9. The second kappa shape index (κ2) is 9.00. The van der Waals surface area contributed by atoms with Crippen LogP contribution in [0.4, 0.5) is 11.4 Å². The lowest BCUT2D eigenvalue weighted by atomic mass is 10.2. The topological polar surface area (TPSA) is 95.5 Å². The van der Waals surface area contributed by atoms with E-state index in [0.29, 0.717) is 17.9 Å². The Morgan fingerprint density at radius 2 is 1.59 bits per heavy atom. The molecule has 0 saturated carbocycles. The number of aryl methyl sites for hydroxylation is 1. The van der Waals surface area contributed by atoms with Crippen molar-refractivity contribution in [3.63, 3.8) is 0 Å². The average Bonchev–Trinajstić information content (AvgIpc) is 3.01. The molecule has 0 unspecified atom stereocenters. The molecule has 1 heterocycles. The highest BCUT2D eigenvalue weighted by Gasteiger charge is 2.20. The molecule has 2 aromatic rings. The Morgan fingerprint density at radius 1 is 1.00 bits per heavy atom. The molecule has 1 atom stereocenters. The van der Waals surface area contributed by atoms with Gasteiger partial charge in [0.15, 0.2) is 0 Å². The van der Waals surface area contributed by atoms with Crippen LogP contribution in [0, 0.1) is 0 Å². The number of likely N-dealkylation sites (N-methyl/N-ethyl adjacent to an activating group) is 1. The first kappa shape index (κ1) is 20.2. The number of rotatable bonds is 6. The minimum absolute atomic E-state index is 0.0568. The number of nitrogens with zero attached hydrogens (tertiary/aromatic N) is 2. The molecule has 0 radical (unpaired) electrons. The monoisotopic (exact) mass is 371 g/mol. The molecule has 0 spiro atoms. The Morgan fingerprint density at radius 3 is 2.07 bits per heavy atom. The number of anilines is 2. The summed E-state index contributed by atoms with van der Waals surface area (Å²) in [6.45, 7) is 1.72. The van der Waals surface area contributed by atoms with Crippen LogP contribution < -0.4 is 16.0 Å². The molecule has 27 heavy (non-hydrogen) atoms. The first-order chi connectivity index (χ1) is 12.8. The summed E-state index contributed by atoms with van der Waals surface area (Å²) in [5, 5.41) is 7.84. The van der Waals surface area contributed by atoms with Crippen molar-refractivity contribution in [2.24, 2.45) is 7.05 Å². The summed E-state index contributed by atoms with van der Waals surface area (Å²) in [4.78, 5) is 37.2. The fourth-order valence-electron chi connectivity index (χ4n) is 2.67. The number of amides is 3. The van der Waals surface area contributed by atoms with Gasteiger partial charge < -0.3 is 20.5 Å². The van der Waals surface area contributed by atoms with Gasteiger partial charge in [-0.3, -0.25) is 19.3 Å². The molecule has 0 bridgehead atoms. The summed E-state index contributed by atoms with van der Waals surface area (Å²) in [5.41, 5.74) is 2.12. The molecule has 8 heteroatoms. The quantitative estimate of drug-likeness (QED) is 0.668. The van der Waals surface area contributed by atoms with Crippen molar-refractivity contribution in [1.29, 1.82) is 0 Å². The first-order valence-corrected chi connectivity index (χ1v) is 8.52. The number of hydrogen-bond donors (Lipinski definition) is 3. The van der Waals surface area contributed by atoms with E-state index in [0.717, 1.165) is 5.69 Å². The number of carbonyl (C=O) groups excluding carboxylic acids is 3. The van der Waals surface area contributed by atoms with E-state index >= 15 is 0 Å². The Kier molecular flexibility index (Phi) is 6.73. The normalized spacial score (nSPS) is 11.7. The van der Waals surface area contributed by atoms with E-state index in [-0.39, 0.29) is 11.9 Å². The largest absolute Gasteiger partial charge is 0.353 e. The van der Waals surface area contributed by atoms with Crippen molar-refractivity contribution in [3.05, 3.63) is 48.3 Å². The van der Waals surface area contributed by atoms with Crippen molar-refractivity contribution in [2.75, 3.05) is 31.3 Å². The third-order valence-corrected chi connectivity index (χ3v) is 4.07. The van der Waals surface area contributed by atoms with Gasteiger partial charge in [-0.25, -0.2) is 0 Å². The highest BCUT2D eigenvalue weighted by atomic mass is 16.2. The number of nitrogens with one attached hydrogen (secondary N) is 3. The van der Waals surface area contributed by atoms with Gasteiger partial charge in [-0.15, -0.1) is 0 Å². The molecule has 2 rings (SSSR count). The molecule has 1 aromatic carbocycles. The van der Waals surface area contributed by atoms with Gasteiger partial charge in [-0.2, -0.15) is 0 Å². The molecule has 0 fully saturated rings. The van der Waals surface area contributed by atoms with Crippen molar-refractivity contribution >= 4 is 29.1 Å². The van der Waals surface area contributed by atoms with E-state index in [1.165, 1.54) is 6.92 Å². The smallest absolute Gasteiger partial charge is 0.313 e. The fraction of sp³-hybridized carbons (Fsp3) is 0.316. The maximum atomic E-state index is 12.1. The van der Waals surface area contributed by atoms with E-state index in [2.05, 4.69) is 16.0 Å². The first-order valence-electron chi connectivity index (χ1n) is 8.52. The molecular weight excluding hydrogens is 346 g/mol. The maximum absolute atomic E-state index is 12.1. The van der Waals surface area contributed by atoms with Gasteiger partial charge in [0.25, 0.3) is 0 Å². The molecule has 0 aliphatic rings. The van der Waals surface area contributed by atoms with Gasteiger partial charge in [-0.05, 0) is 50.5 Å². The highest BCUT2D eigenvalue weighted by molar-refractivity contribution is 6.39. The van der Waals surface area contributed by atoms with Crippen LogP contribution in [0.3, 0.4) is 0 Å². The molecule has 3 amide bonds.